The quantitative estimate of drug-likeness (QED) is 0.197. The highest BCUT2D eigenvalue weighted by atomic mass is 79.9. The first-order valence-corrected chi connectivity index (χ1v) is 11.4. The van der Waals surface area contributed by atoms with E-state index >= 15 is 0 Å². The summed E-state index contributed by atoms with van der Waals surface area (Å²) < 4.78 is 48.1. The predicted molar refractivity (Wildman–Crippen MR) is 122 cm³/mol. The van der Waals surface area contributed by atoms with Crippen molar-refractivity contribution in [3.05, 3.63) is 88.9 Å². The van der Waals surface area contributed by atoms with Crippen LogP contribution in [0.1, 0.15) is 5.56 Å². The molecule has 3 aromatic carbocycles. The lowest BCUT2D eigenvalue weighted by Crippen LogP contribution is -2.08. The first kappa shape index (κ1) is 22.4. The van der Waals surface area contributed by atoms with Crippen LogP contribution in [-0.4, -0.2) is 27.1 Å². The summed E-state index contributed by atoms with van der Waals surface area (Å²) in [5, 5.41) is 9.04. The molecule has 0 radical (unpaired) electrons. The molecule has 0 N–H and O–H groups in total. The summed E-state index contributed by atoms with van der Waals surface area (Å²) in [6.45, 7) is 0.411. The fourth-order valence-corrected chi connectivity index (χ4v) is 4.27. The summed E-state index contributed by atoms with van der Waals surface area (Å²) >= 11 is 4.86. The number of rotatable bonds is 7. The molecule has 1 heterocycles. The summed E-state index contributed by atoms with van der Waals surface area (Å²) in [6, 6.07) is 21.9. The SMILES string of the molecule is FC(F)(F)c1cccc(-n2c(SCCOc3ccccc3)nnc2-c2ccccc2Br)c1. The van der Waals surface area contributed by atoms with Gasteiger partial charge in [0.05, 0.1) is 17.9 Å². The standard InChI is InChI=1S/C23H17BrF3N3OS/c24-20-12-5-4-11-19(20)21-28-29-22(32-14-13-31-18-9-2-1-3-10-18)30(21)17-8-6-7-16(15-17)23(25,26)27/h1-12,15H,13-14H2. The molecule has 0 saturated carbocycles. The molecular formula is C23H17BrF3N3OS. The average molecular weight is 520 g/mol. The van der Waals surface area contributed by atoms with Gasteiger partial charge in [0.2, 0.25) is 0 Å². The van der Waals surface area contributed by atoms with E-state index in [9.17, 15) is 13.2 Å². The van der Waals surface area contributed by atoms with Crippen molar-refractivity contribution in [3.8, 4) is 22.8 Å². The maximum absolute atomic E-state index is 13.3. The number of hydrogen-bond donors (Lipinski definition) is 0. The van der Waals surface area contributed by atoms with E-state index in [-0.39, 0.29) is 0 Å². The van der Waals surface area contributed by atoms with Crippen LogP contribution < -0.4 is 4.74 Å². The molecule has 0 aliphatic heterocycles. The van der Waals surface area contributed by atoms with Crippen LogP contribution in [0.3, 0.4) is 0 Å². The van der Waals surface area contributed by atoms with Crippen molar-refractivity contribution >= 4 is 27.7 Å². The minimum Gasteiger partial charge on any atom is -0.493 e. The van der Waals surface area contributed by atoms with Gasteiger partial charge in [-0.05, 0) is 36.4 Å². The number of ether oxygens (including phenoxy) is 1. The third-order valence-electron chi connectivity index (χ3n) is 4.51. The molecule has 0 bridgehead atoms. The molecule has 4 rings (SSSR count). The lowest BCUT2D eigenvalue weighted by molar-refractivity contribution is -0.137. The number of benzene rings is 3. The number of alkyl halides is 3. The summed E-state index contributed by atoms with van der Waals surface area (Å²) in [5.41, 5.74) is 0.331. The molecule has 0 saturated heterocycles. The van der Waals surface area contributed by atoms with Gasteiger partial charge in [-0.2, -0.15) is 13.2 Å². The van der Waals surface area contributed by atoms with E-state index < -0.39 is 11.7 Å². The normalized spacial score (nSPS) is 11.5. The van der Waals surface area contributed by atoms with Crippen molar-refractivity contribution in [1.29, 1.82) is 0 Å². The highest BCUT2D eigenvalue weighted by molar-refractivity contribution is 9.10. The fraction of sp³-hybridized carbons (Fsp3) is 0.130. The van der Waals surface area contributed by atoms with Gasteiger partial charge < -0.3 is 4.74 Å². The zero-order valence-electron chi connectivity index (χ0n) is 16.6. The van der Waals surface area contributed by atoms with Crippen molar-refractivity contribution in [1.82, 2.24) is 14.8 Å². The third-order valence-corrected chi connectivity index (χ3v) is 6.09. The summed E-state index contributed by atoms with van der Waals surface area (Å²) in [7, 11) is 0. The molecule has 0 fully saturated rings. The Labute approximate surface area is 195 Å². The molecule has 0 atom stereocenters. The van der Waals surface area contributed by atoms with Crippen LogP contribution in [0.15, 0.2) is 88.5 Å². The molecule has 1 aromatic heterocycles. The van der Waals surface area contributed by atoms with Gasteiger partial charge in [-0.25, -0.2) is 0 Å². The Balaban J connectivity index is 1.66. The Bertz CT molecular complexity index is 1200. The molecule has 0 spiro atoms. The second kappa shape index (κ2) is 9.79. The number of thioether (sulfide) groups is 1. The highest BCUT2D eigenvalue weighted by Crippen LogP contribution is 2.35. The Kier molecular flexibility index (Phi) is 6.86. The molecule has 0 aliphatic carbocycles. The van der Waals surface area contributed by atoms with E-state index in [1.165, 1.54) is 17.8 Å². The van der Waals surface area contributed by atoms with Gasteiger partial charge in [-0.15, -0.1) is 10.2 Å². The molecule has 0 amide bonds. The maximum atomic E-state index is 13.3. The second-order valence-electron chi connectivity index (χ2n) is 6.68. The number of para-hydroxylation sites is 1. The molecule has 32 heavy (non-hydrogen) atoms. The van der Waals surface area contributed by atoms with Crippen molar-refractivity contribution in [2.45, 2.75) is 11.3 Å². The summed E-state index contributed by atoms with van der Waals surface area (Å²) in [6.07, 6.45) is -4.45. The maximum Gasteiger partial charge on any atom is 0.416 e. The fourth-order valence-electron chi connectivity index (χ4n) is 3.04. The largest absolute Gasteiger partial charge is 0.493 e. The Morgan fingerprint density at radius 1 is 0.906 bits per heavy atom. The molecule has 0 unspecified atom stereocenters. The second-order valence-corrected chi connectivity index (χ2v) is 8.60. The van der Waals surface area contributed by atoms with E-state index in [1.54, 1.807) is 10.6 Å². The van der Waals surface area contributed by atoms with Gasteiger partial charge in [0.1, 0.15) is 5.75 Å². The van der Waals surface area contributed by atoms with Crippen LogP contribution in [-0.2, 0) is 6.18 Å². The van der Waals surface area contributed by atoms with Crippen LogP contribution in [0.25, 0.3) is 17.1 Å². The van der Waals surface area contributed by atoms with Gasteiger partial charge in [-0.1, -0.05) is 70.2 Å². The van der Waals surface area contributed by atoms with E-state index in [0.717, 1.165) is 27.9 Å². The van der Waals surface area contributed by atoms with Crippen LogP contribution in [0.2, 0.25) is 0 Å². The van der Waals surface area contributed by atoms with Gasteiger partial charge in [0.15, 0.2) is 11.0 Å². The van der Waals surface area contributed by atoms with Gasteiger partial charge in [0.25, 0.3) is 0 Å². The van der Waals surface area contributed by atoms with Crippen molar-refractivity contribution in [2.24, 2.45) is 0 Å². The topological polar surface area (TPSA) is 39.9 Å². The van der Waals surface area contributed by atoms with E-state index in [0.29, 0.717) is 29.0 Å². The van der Waals surface area contributed by atoms with Crippen LogP contribution >= 0.6 is 27.7 Å². The monoisotopic (exact) mass is 519 g/mol. The lowest BCUT2D eigenvalue weighted by Gasteiger charge is -2.14. The smallest absolute Gasteiger partial charge is 0.416 e. The number of aromatic nitrogens is 3. The minimum atomic E-state index is -4.45. The third kappa shape index (κ3) is 5.16. The van der Waals surface area contributed by atoms with Crippen LogP contribution in [0.4, 0.5) is 13.2 Å². The zero-order chi connectivity index (χ0) is 22.6. The zero-order valence-corrected chi connectivity index (χ0v) is 19.0. The predicted octanol–water partition coefficient (Wildman–Crippen LogP) is 6.89. The Morgan fingerprint density at radius 2 is 1.66 bits per heavy atom. The highest BCUT2D eigenvalue weighted by Gasteiger charge is 2.31. The minimum absolute atomic E-state index is 0.335. The van der Waals surface area contributed by atoms with E-state index in [4.69, 9.17) is 4.74 Å². The van der Waals surface area contributed by atoms with Crippen molar-refractivity contribution < 1.29 is 17.9 Å². The first-order chi connectivity index (χ1) is 15.4. The molecular weight excluding hydrogens is 503 g/mol. The Hall–Kier alpha value is -2.78. The van der Waals surface area contributed by atoms with Gasteiger partial charge in [0, 0.05) is 15.8 Å². The first-order valence-electron chi connectivity index (χ1n) is 9.62. The van der Waals surface area contributed by atoms with Crippen LogP contribution in [0.5, 0.6) is 5.75 Å². The summed E-state index contributed by atoms with van der Waals surface area (Å²) in [4.78, 5) is 0. The van der Waals surface area contributed by atoms with Crippen LogP contribution in [0, 0.1) is 0 Å². The lowest BCUT2D eigenvalue weighted by atomic mass is 10.1. The molecule has 9 heteroatoms. The van der Waals surface area contributed by atoms with Crippen molar-refractivity contribution in [2.75, 3.05) is 12.4 Å². The van der Waals surface area contributed by atoms with Crippen molar-refractivity contribution in [3.63, 3.8) is 0 Å². The molecule has 0 aliphatic rings. The number of nitrogens with zero attached hydrogens (tertiary/aromatic N) is 3. The Morgan fingerprint density at radius 3 is 2.41 bits per heavy atom. The number of hydrogen-bond acceptors (Lipinski definition) is 4. The van der Waals surface area contributed by atoms with E-state index in [2.05, 4.69) is 26.1 Å². The molecule has 4 aromatic rings. The molecule has 4 nitrogen and oxygen atoms in total. The number of halogens is 4. The summed E-state index contributed by atoms with van der Waals surface area (Å²) in [5.74, 6) is 1.74. The molecule has 164 valence electrons. The van der Waals surface area contributed by atoms with E-state index in [1.807, 2.05) is 54.6 Å². The van der Waals surface area contributed by atoms with Gasteiger partial charge >= 0.3 is 6.18 Å². The van der Waals surface area contributed by atoms with Gasteiger partial charge in [-0.3, -0.25) is 4.57 Å². The average Bonchev–Trinajstić information content (AvgIpc) is 3.21.